The van der Waals surface area contributed by atoms with Crippen LogP contribution >= 0.6 is 15.9 Å². The third-order valence-electron chi connectivity index (χ3n) is 5.75. The van der Waals surface area contributed by atoms with Gasteiger partial charge < -0.3 is 10.4 Å². The molecule has 0 aliphatic heterocycles. The van der Waals surface area contributed by atoms with Gasteiger partial charge in [0.2, 0.25) is 0 Å². The second kappa shape index (κ2) is 4.73. The number of hydrogen-bond acceptors (Lipinski definition) is 2. The van der Waals surface area contributed by atoms with Crippen LogP contribution in [-0.4, -0.2) is 17.1 Å². The van der Waals surface area contributed by atoms with E-state index in [4.69, 9.17) is 0 Å². The van der Waals surface area contributed by atoms with Crippen LogP contribution in [-0.2, 0) is 0 Å². The van der Waals surface area contributed by atoms with Crippen molar-refractivity contribution in [3.8, 4) is 5.75 Å². The third-order valence-corrected chi connectivity index (χ3v) is 6.24. The second-order valence-corrected chi connectivity index (χ2v) is 8.40. The van der Waals surface area contributed by atoms with Crippen LogP contribution in [0.25, 0.3) is 0 Å². The molecular weight excluding hydrogens is 330 g/mol. The van der Waals surface area contributed by atoms with Crippen molar-refractivity contribution in [3.63, 3.8) is 0 Å². The molecule has 1 aromatic rings. The van der Waals surface area contributed by atoms with Gasteiger partial charge >= 0.3 is 0 Å². The van der Waals surface area contributed by atoms with Crippen LogP contribution in [0.3, 0.4) is 0 Å². The minimum Gasteiger partial charge on any atom is -0.507 e. The zero-order valence-corrected chi connectivity index (χ0v) is 14.3. The molecule has 0 aromatic heterocycles. The first kappa shape index (κ1) is 14.9. The van der Waals surface area contributed by atoms with E-state index in [1.165, 1.54) is 19.3 Å². The van der Waals surface area contributed by atoms with E-state index < -0.39 is 0 Å². The van der Waals surface area contributed by atoms with Crippen molar-refractivity contribution in [1.29, 1.82) is 0 Å². The molecule has 0 radical (unpaired) electrons. The van der Waals surface area contributed by atoms with E-state index in [9.17, 15) is 9.90 Å². The number of nitrogens with one attached hydrogen (secondary N) is 1. The molecule has 3 unspecified atom stereocenters. The molecule has 1 amide bonds. The normalized spacial score (nSPS) is 33.1. The highest BCUT2D eigenvalue weighted by Gasteiger charge is 2.59. The van der Waals surface area contributed by atoms with Crippen molar-refractivity contribution in [2.24, 2.45) is 16.7 Å². The van der Waals surface area contributed by atoms with Crippen LogP contribution < -0.4 is 5.32 Å². The van der Waals surface area contributed by atoms with Crippen LogP contribution in [0.15, 0.2) is 22.7 Å². The highest BCUT2D eigenvalue weighted by Crippen LogP contribution is 2.62. The average Bonchev–Trinajstić information content (AvgIpc) is 2.88. The number of hydrogen-bond donors (Lipinski definition) is 2. The minimum absolute atomic E-state index is 0.0295. The van der Waals surface area contributed by atoms with Gasteiger partial charge in [-0.15, -0.1) is 0 Å². The lowest BCUT2D eigenvalue weighted by molar-refractivity contribution is 0.0735. The number of benzene rings is 1. The molecule has 3 rings (SSSR count). The molecule has 0 heterocycles. The van der Waals surface area contributed by atoms with Crippen LogP contribution in [0.2, 0.25) is 0 Å². The molecule has 2 aliphatic carbocycles. The number of aromatic hydroxyl groups is 1. The van der Waals surface area contributed by atoms with Gasteiger partial charge in [0.1, 0.15) is 5.75 Å². The SMILES string of the molecule is CC12CCC(C1)C(C)(C)C2NC(=O)c1cc(Br)ccc1O. The van der Waals surface area contributed by atoms with Crippen molar-refractivity contribution >= 4 is 21.8 Å². The Bertz CT molecular complexity index is 594. The Labute approximate surface area is 134 Å². The summed E-state index contributed by atoms with van der Waals surface area (Å²) in [6.07, 6.45) is 3.63. The van der Waals surface area contributed by atoms with E-state index in [-0.39, 0.29) is 28.5 Å². The molecule has 3 nitrogen and oxygen atoms in total. The molecule has 4 heteroatoms. The van der Waals surface area contributed by atoms with E-state index in [0.717, 1.165) is 4.47 Å². The molecule has 21 heavy (non-hydrogen) atoms. The number of amides is 1. The summed E-state index contributed by atoms with van der Waals surface area (Å²) in [5, 5.41) is 13.1. The predicted octanol–water partition coefficient (Wildman–Crippen LogP) is 4.10. The molecule has 114 valence electrons. The maximum atomic E-state index is 12.6. The van der Waals surface area contributed by atoms with E-state index in [0.29, 0.717) is 11.5 Å². The Hall–Kier alpha value is -1.03. The van der Waals surface area contributed by atoms with Crippen LogP contribution in [0.4, 0.5) is 0 Å². The first-order valence-corrected chi connectivity index (χ1v) is 8.33. The van der Waals surface area contributed by atoms with Crippen LogP contribution in [0.5, 0.6) is 5.75 Å². The van der Waals surface area contributed by atoms with Gasteiger partial charge in [0, 0.05) is 10.5 Å². The van der Waals surface area contributed by atoms with Crippen molar-refractivity contribution in [1.82, 2.24) is 5.32 Å². The number of fused-ring (bicyclic) bond motifs is 2. The van der Waals surface area contributed by atoms with E-state index in [2.05, 4.69) is 42.0 Å². The monoisotopic (exact) mass is 351 g/mol. The minimum atomic E-state index is -0.180. The fraction of sp³-hybridized carbons (Fsp3) is 0.588. The highest BCUT2D eigenvalue weighted by atomic mass is 79.9. The Kier molecular flexibility index (Phi) is 3.36. The smallest absolute Gasteiger partial charge is 0.255 e. The van der Waals surface area contributed by atoms with Gasteiger partial charge in [-0.3, -0.25) is 4.79 Å². The van der Waals surface area contributed by atoms with Crippen LogP contribution in [0, 0.1) is 16.7 Å². The van der Waals surface area contributed by atoms with Gasteiger partial charge in [0.15, 0.2) is 0 Å². The molecule has 3 atom stereocenters. The first-order valence-electron chi connectivity index (χ1n) is 7.53. The molecule has 2 saturated carbocycles. The summed E-state index contributed by atoms with van der Waals surface area (Å²) in [6.45, 7) is 6.80. The summed E-state index contributed by atoms with van der Waals surface area (Å²) in [5.41, 5.74) is 0.641. The molecule has 2 N–H and O–H groups in total. The Morgan fingerprint density at radius 3 is 2.71 bits per heavy atom. The third kappa shape index (κ3) is 2.28. The van der Waals surface area contributed by atoms with Crippen molar-refractivity contribution in [2.75, 3.05) is 0 Å². The lowest BCUT2D eigenvalue weighted by atomic mass is 9.68. The van der Waals surface area contributed by atoms with Gasteiger partial charge in [-0.2, -0.15) is 0 Å². The number of carbonyl (C=O) groups is 1. The number of phenolic OH excluding ortho intramolecular Hbond substituents is 1. The van der Waals surface area contributed by atoms with Crippen molar-refractivity contribution in [2.45, 2.75) is 46.1 Å². The number of halogens is 1. The standard InChI is InChI=1S/C17H22BrNO2/c1-16(2)10-6-7-17(3,9-10)15(16)19-14(21)12-8-11(18)4-5-13(12)20/h4-5,8,10,15,20H,6-7,9H2,1-3H3,(H,19,21). The van der Waals surface area contributed by atoms with Crippen molar-refractivity contribution < 1.29 is 9.90 Å². The fourth-order valence-corrected chi connectivity index (χ4v) is 4.92. The first-order chi connectivity index (χ1) is 9.74. The highest BCUT2D eigenvalue weighted by molar-refractivity contribution is 9.10. The maximum absolute atomic E-state index is 12.6. The van der Waals surface area contributed by atoms with E-state index in [1.807, 2.05) is 0 Å². The van der Waals surface area contributed by atoms with Gasteiger partial charge in [-0.25, -0.2) is 0 Å². The van der Waals surface area contributed by atoms with E-state index in [1.54, 1.807) is 18.2 Å². The molecule has 1 aromatic carbocycles. The molecule has 2 fully saturated rings. The molecule has 2 bridgehead atoms. The number of carbonyl (C=O) groups excluding carboxylic acids is 1. The fourth-order valence-electron chi connectivity index (χ4n) is 4.56. The molecule has 2 aliphatic rings. The molecule has 0 saturated heterocycles. The van der Waals surface area contributed by atoms with Crippen molar-refractivity contribution in [3.05, 3.63) is 28.2 Å². The second-order valence-electron chi connectivity index (χ2n) is 7.48. The number of phenols is 1. The Morgan fingerprint density at radius 1 is 1.38 bits per heavy atom. The quantitative estimate of drug-likeness (QED) is 0.842. The lowest BCUT2D eigenvalue weighted by Gasteiger charge is -2.43. The maximum Gasteiger partial charge on any atom is 0.255 e. The molecular formula is C17H22BrNO2. The van der Waals surface area contributed by atoms with Gasteiger partial charge in [0.05, 0.1) is 5.56 Å². The summed E-state index contributed by atoms with van der Waals surface area (Å²) >= 11 is 3.35. The summed E-state index contributed by atoms with van der Waals surface area (Å²) in [7, 11) is 0. The van der Waals surface area contributed by atoms with E-state index >= 15 is 0 Å². The zero-order valence-electron chi connectivity index (χ0n) is 12.7. The van der Waals surface area contributed by atoms with Gasteiger partial charge in [-0.1, -0.05) is 36.7 Å². The van der Waals surface area contributed by atoms with Crippen LogP contribution in [0.1, 0.15) is 50.4 Å². The van der Waals surface area contributed by atoms with Gasteiger partial charge in [0.25, 0.3) is 5.91 Å². The largest absolute Gasteiger partial charge is 0.507 e. The summed E-state index contributed by atoms with van der Waals surface area (Å²) in [5.74, 6) is 0.534. The summed E-state index contributed by atoms with van der Waals surface area (Å²) < 4.78 is 0.795. The average molecular weight is 352 g/mol. The Morgan fingerprint density at radius 2 is 2.10 bits per heavy atom. The predicted molar refractivity (Wildman–Crippen MR) is 86.3 cm³/mol. The summed E-state index contributed by atoms with van der Waals surface area (Å²) in [6, 6.07) is 5.11. The summed E-state index contributed by atoms with van der Waals surface area (Å²) in [4.78, 5) is 12.6. The zero-order chi connectivity index (χ0) is 15.4. The topological polar surface area (TPSA) is 49.3 Å². The molecule has 0 spiro atoms. The number of rotatable bonds is 2. The lowest BCUT2D eigenvalue weighted by Crippen LogP contribution is -2.52. The van der Waals surface area contributed by atoms with Gasteiger partial charge in [-0.05, 0) is 54.2 Å². The Balaban J connectivity index is 1.86.